The molecule has 4 atom stereocenters. The molecule has 4 heteroatoms. The van der Waals surface area contributed by atoms with Crippen molar-refractivity contribution in [3.8, 4) is 11.5 Å². The molecule has 3 N–H and O–H groups in total. The molecular formula is C20H28O4. The van der Waals surface area contributed by atoms with E-state index in [0.717, 1.165) is 29.5 Å². The fourth-order valence-corrected chi connectivity index (χ4v) is 5.85. The van der Waals surface area contributed by atoms with Gasteiger partial charge in [-0.05, 0) is 48.1 Å². The lowest BCUT2D eigenvalue weighted by molar-refractivity contribution is -0.159. The van der Waals surface area contributed by atoms with E-state index in [2.05, 4.69) is 13.8 Å². The number of fused-ring (bicyclic) bond motifs is 1. The summed E-state index contributed by atoms with van der Waals surface area (Å²) in [5.74, 6) is 0.486. The first-order valence-corrected chi connectivity index (χ1v) is 9.06. The Kier molecular flexibility index (Phi) is 3.30. The molecule has 132 valence electrons. The lowest BCUT2D eigenvalue weighted by atomic mass is 9.47. The molecule has 1 spiro atoms. The van der Waals surface area contributed by atoms with Gasteiger partial charge in [0.2, 0.25) is 0 Å². The number of phenolic OH excluding ortho intramolecular Hbond substituents is 2. The molecule has 2 fully saturated rings. The second-order valence-electron chi connectivity index (χ2n) is 9.08. The zero-order valence-electron chi connectivity index (χ0n) is 15.0. The Hall–Kier alpha value is -1.26. The minimum Gasteiger partial charge on any atom is -0.504 e. The number of rotatable bonds is 1. The van der Waals surface area contributed by atoms with Gasteiger partial charge in [0, 0.05) is 16.5 Å². The van der Waals surface area contributed by atoms with Crippen LogP contribution in [-0.4, -0.2) is 28.0 Å². The van der Waals surface area contributed by atoms with Gasteiger partial charge in [-0.1, -0.05) is 27.7 Å². The van der Waals surface area contributed by atoms with E-state index in [9.17, 15) is 15.3 Å². The standard InChI is InChI=1S/C20H28O4/c1-10(2)12-5-13-14-6-15-19(3,4)7-11(21)8-20(15,9-24-14)16(13)18(23)17(12)22/h5,10-11,14-15,21-23H,6-9H2,1-4H3/t11?,14?,15-,20+/m0/s1. The molecule has 2 heterocycles. The molecule has 4 nitrogen and oxygen atoms in total. The number of hydrogen-bond acceptors (Lipinski definition) is 4. The van der Waals surface area contributed by atoms with Gasteiger partial charge in [0.1, 0.15) is 0 Å². The summed E-state index contributed by atoms with van der Waals surface area (Å²) in [5, 5.41) is 32.0. The van der Waals surface area contributed by atoms with E-state index < -0.39 is 11.5 Å². The summed E-state index contributed by atoms with van der Waals surface area (Å²) in [4.78, 5) is 0. The van der Waals surface area contributed by atoms with Crippen molar-refractivity contribution in [1.29, 1.82) is 0 Å². The molecule has 24 heavy (non-hydrogen) atoms. The number of aliphatic hydroxyl groups excluding tert-OH is 1. The van der Waals surface area contributed by atoms with Gasteiger partial charge in [0.05, 0.1) is 18.8 Å². The van der Waals surface area contributed by atoms with Crippen LogP contribution in [0.5, 0.6) is 11.5 Å². The van der Waals surface area contributed by atoms with Crippen molar-refractivity contribution >= 4 is 0 Å². The lowest BCUT2D eigenvalue weighted by Crippen LogP contribution is -2.59. The summed E-state index contributed by atoms with van der Waals surface area (Å²) in [6.45, 7) is 8.96. The van der Waals surface area contributed by atoms with Gasteiger partial charge in [0.25, 0.3) is 0 Å². The number of phenols is 2. The van der Waals surface area contributed by atoms with Crippen LogP contribution < -0.4 is 0 Å². The number of benzene rings is 1. The zero-order chi connectivity index (χ0) is 17.4. The topological polar surface area (TPSA) is 69.9 Å². The highest BCUT2D eigenvalue weighted by molar-refractivity contribution is 5.61. The lowest BCUT2D eigenvalue weighted by Gasteiger charge is -2.61. The molecule has 0 aromatic heterocycles. The van der Waals surface area contributed by atoms with E-state index in [0.29, 0.717) is 18.9 Å². The van der Waals surface area contributed by atoms with E-state index in [1.165, 1.54) is 0 Å². The van der Waals surface area contributed by atoms with Crippen LogP contribution in [0.1, 0.15) is 75.7 Å². The highest BCUT2D eigenvalue weighted by Crippen LogP contribution is 2.65. The summed E-state index contributed by atoms with van der Waals surface area (Å²) in [7, 11) is 0. The molecule has 0 amide bonds. The fourth-order valence-electron chi connectivity index (χ4n) is 5.85. The molecule has 2 aliphatic heterocycles. The summed E-state index contributed by atoms with van der Waals surface area (Å²) in [6.07, 6.45) is 1.86. The van der Waals surface area contributed by atoms with E-state index in [4.69, 9.17) is 4.74 Å². The van der Waals surface area contributed by atoms with Crippen LogP contribution in [0.2, 0.25) is 0 Å². The van der Waals surface area contributed by atoms with Crippen LogP contribution in [0.4, 0.5) is 0 Å². The van der Waals surface area contributed by atoms with Crippen molar-refractivity contribution in [1.82, 2.24) is 0 Å². The van der Waals surface area contributed by atoms with Crippen LogP contribution in [0.3, 0.4) is 0 Å². The number of ether oxygens (including phenoxy) is 1. The molecule has 1 saturated heterocycles. The highest BCUT2D eigenvalue weighted by atomic mass is 16.5. The van der Waals surface area contributed by atoms with Crippen LogP contribution in [0, 0.1) is 11.3 Å². The molecule has 2 aliphatic carbocycles. The Morgan fingerprint density at radius 2 is 1.88 bits per heavy atom. The average molecular weight is 332 g/mol. The summed E-state index contributed by atoms with van der Waals surface area (Å²) >= 11 is 0. The van der Waals surface area contributed by atoms with Crippen LogP contribution in [0.15, 0.2) is 6.07 Å². The van der Waals surface area contributed by atoms with Gasteiger partial charge < -0.3 is 20.1 Å². The molecular weight excluding hydrogens is 304 g/mol. The molecule has 4 aliphatic rings. The maximum Gasteiger partial charge on any atom is 0.162 e. The fraction of sp³-hybridized carbons (Fsp3) is 0.700. The van der Waals surface area contributed by atoms with Gasteiger partial charge in [-0.2, -0.15) is 0 Å². The number of aromatic hydroxyl groups is 2. The Morgan fingerprint density at radius 3 is 2.54 bits per heavy atom. The van der Waals surface area contributed by atoms with Crippen molar-refractivity contribution in [2.24, 2.45) is 11.3 Å². The molecule has 2 bridgehead atoms. The van der Waals surface area contributed by atoms with Crippen LogP contribution in [-0.2, 0) is 10.2 Å². The summed E-state index contributed by atoms with van der Waals surface area (Å²) < 4.78 is 6.13. The smallest absolute Gasteiger partial charge is 0.162 e. The normalized spacial score (nSPS) is 36.5. The Bertz CT molecular complexity index is 693. The van der Waals surface area contributed by atoms with E-state index in [1.807, 2.05) is 19.9 Å². The van der Waals surface area contributed by atoms with E-state index in [-0.39, 0.29) is 28.9 Å². The van der Waals surface area contributed by atoms with Crippen molar-refractivity contribution in [2.45, 2.75) is 70.5 Å². The number of aliphatic hydroxyl groups is 1. The van der Waals surface area contributed by atoms with Gasteiger partial charge in [-0.25, -0.2) is 0 Å². The molecule has 1 saturated carbocycles. The highest BCUT2D eigenvalue weighted by Gasteiger charge is 2.61. The minimum absolute atomic E-state index is 0.00212. The second kappa shape index (κ2) is 4.89. The second-order valence-corrected chi connectivity index (χ2v) is 9.08. The van der Waals surface area contributed by atoms with E-state index >= 15 is 0 Å². The van der Waals surface area contributed by atoms with E-state index in [1.54, 1.807) is 0 Å². The van der Waals surface area contributed by atoms with Crippen molar-refractivity contribution in [3.63, 3.8) is 0 Å². The van der Waals surface area contributed by atoms with Crippen LogP contribution >= 0.6 is 0 Å². The zero-order valence-corrected chi connectivity index (χ0v) is 15.0. The molecule has 1 aromatic carbocycles. The monoisotopic (exact) mass is 332 g/mol. The van der Waals surface area contributed by atoms with Gasteiger partial charge >= 0.3 is 0 Å². The molecule has 5 rings (SSSR count). The maximum absolute atomic E-state index is 10.9. The molecule has 2 unspecified atom stereocenters. The predicted molar refractivity (Wildman–Crippen MR) is 91.4 cm³/mol. The third-order valence-corrected chi connectivity index (χ3v) is 6.76. The SMILES string of the molecule is CC(C)c1cc2c(c(O)c1O)[C@]13COC2C[C@H]1C(C)(C)CC(O)C3. The van der Waals surface area contributed by atoms with Gasteiger partial charge in [-0.15, -0.1) is 0 Å². The Morgan fingerprint density at radius 1 is 1.17 bits per heavy atom. The van der Waals surface area contributed by atoms with Crippen LogP contribution in [0.25, 0.3) is 0 Å². The summed E-state index contributed by atoms with van der Waals surface area (Å²) in [5.41, 5.74) is 2.20. The predicted octanol–water partition coefficient (Wildman–Crippen LogP) is 3.73. The first kappa shape index (κ1) is 16.2. The first-order valence-electron chi connectivity index (χ1n) is 9.06. The van der Waals surface area contributed by atoms with Gasteiger partial charge in [-0.3, -0.25) is 0 Å². The van der Waals surface area contributed by atoms with Crippen molar-refractivity contribution in [2.75, 3.05) is 6.61 Å². The Balaban J connectivity index is 1.97. The first-order chi connectivity index (χ1) is 11.2. The third kappa shape index (κ3) is 1.93. The largest absolute Gasteiger partial charge is 0.504 e. The average Bonchev–Trinajstić information content (AvgIpc) is 2.48. The summed E-state index contributed by atoms with van der Waals surface area (Å²) in [6, 6.07) is 2.02. The maximum atomic E-state index is 10.9. The number of hydrogen-bond donors (Lipinski definition) is 3. The van der Waals surface area contributed by atoms with Crippen molar-refractivity contribution < 1.29 is 20.1 Å². The molecule has 0 radical (unpaired) electrons. The molecule has 1 aromatic rings. The third-order valence-electron chi connectivity index (χ3n) is 6.76. The van der Waals surface area contributed by atoms with Crippen molar-refractivity contribution in [3.05, 3.63) is 22.8 Å². The Labute approximate surface area is 143 Å². The minimum atomic E-state index is -0.409. The van der Waals surface area contributed by atoms with Gasteiger partial charge in [0.15, 0.2) is 11.5 Å². The quantitative estimate of drug-likeness (QED) is 0.685.